The summed E-state index contributed by atoms with van der Waals surface area (Å²) in [4.78, 5) is 14.5. The molecule has 5 heteroatoms. The van der Waals surface area contributed by atoms with Crippen molar-refractivity contribution in [3.8, 4) is 5.75 Å². The smallest absolute Gasteiger partial charge is 0.260 e. The topological polar surface area (TPSA) is 55.6 Å². The Bertz CT molecular complexity index is 455. The monoisotopic (exact) mass is 294 g/mol. The number of carbonyl (C=O) groups excluding carboxylic acids is 1. The number of hydrogen-bond acceptors (Lipinski definition) is 3. The quantitative estimate of drug-likeness (QED) is 0.818. The zero-order valence-electron chi connectivity index (χ0n) is 12.3. The number of hydrogen-bond donors (Lipinski definition) is 1. The van der Waals surface area contributed by atoms with Crippen LogP contribution in [0.4, 0.5) is 0 Å². The maximum Gasteiger partial charge on any atom is 0.260 e. The molecule has 0 aliphatic carbocycles. The zero-order chi connectivity index (χ0) is 15.2. The Morgan fingerprint density at radius 2 is 1.90 bits per heavy atom. The van der Waals surface area contributed by atoms with Gasteiger partial charge in [0.1, 0.15) is 5.75 Å². The van der Waals surface area contributed by atoms with Gasteiger partial charge in [-0.05, 0) is 32.9 Å². The van der Waals surface area contributed by atoms with E-state index in [1.54, 1.807) is 4.90 Å². The fraction of sp³-hybridized carbons (Fsp3) is 0.467. The standard InChI is InChI=1S/C15H22N2O2S/c1-15(2,3)17(10-9-13(16)20)14(18)11-19-12-7-5-4-6-8-12/h4-8H,9-11H2,1-3H3,(H2,16,20). The van der Waals surface area contributed by atoms with Gasteiger partial charge in [-0.1, -0.05) is 30.4 Å². The highest BCUT2D eigenvalue weighted by molar-refractivity contribution is 7.80. The number of benzene rings is 1. The van der Waals surface area contributed by atoms with E-state index in [9.17, 15) is 4.79 Å². The van der Waals surface area contributed by atoms with E-state index in [1.807, 2.05) is 51.1 Å². The maximum absolute atomic E-state index is 12.3. The predicted molar refractivity (Wildman–Crippen MR) is 84.8 cm³/mol. The molecular weight excluding hydrogens is 272 g/mol. The van der Waals surface area contributed by atoms with E-state index in [-0.39, 0.29) is 18.1 Å². The molecule has 0 aliphatic rings. The fourth-order valence-electron chi connectivity index (χ4n) is 1.80. The second-order valence-corrected chi connectivity index (χ2v) is 6.06. The molecule has 0 aromatic heterocycles. The van der Waals surface area contributed by atoms with E-state index in [2.05, 4.69) is 0 Å². The number of nitrogens with two attached hydrogens (primary N) is 1. The third kappa shape index (κ3) is 5.57. The van der Waals surface area contributed by atoms with Crippen molar-refractivity contribution in [1.82, 2.24) is 4.90 Å². The van der Waals surface area contributed by atoms with Crippen molar-refractivity contribution in [1.29, 1.82) is 0 Å². The third-order valence-electron chi connectivity index (χ3n) is 2.80. The fourth-order valence-corrected chi connectivity index (χ4v) is 1.89. The minimum atomic E-state index is -0.290. The van der Waals surface area contributed by atoms with Gasteiger partial charge in [0.15, 0.2) is 6.61 Å². The lowest BCUT2D eigenvalue weighted by Gasteiger charge is -2.35. The summed E-state index contributed by atoms with van der Waals surface area (Å²) in [5, 5.41) is 0. The summed E-state index contributed by atoms with van der Waals surface area (Å²) in [6.07, 6.45) is 0.518. The van der Waals surface area contributed by atoms with Crippen molar-refractivity contribution >= 4 is 23.1 Å². The van der Waals surface area contributed by atoms with Crippen LogP contribution in [0.3, 0.4) is 0 Å². The van der Waals surface area contributed by atoms with Gasteiger partial charge in [-0.15, -0.1) is 0 Å². The van der Waals surface area contributed by atoms with Crippen molar-refractivity contribution in [2.45, 2.75) is 32.7 Å². The van der Waals surface area contributed by atoms with Crippen molar-refractivity contribution in [2.75, 3.05) is 13.2 Å². The van der Waals surface area contributed by atoms with Crippen LogP contribution in [0.1, 0.15) is 27.2 Å². The molecule has 20 heavy (non-hydrogen) atoms. The lowest BCUT2D eigenvalue weighted by atomic mass is 10.1. The molecule has 0 aliphatic heterocycles. The Labute approximate surface area is 125 Å². The molecule has 1 amide bonds. The molecule has 1 aromatic carbocycles. The first-order valence-corrected chi connectivity index (χ1v) is 6.98. The van der Waals surface area contributed by atoms with Gasteiger partial charge in [0.05, 0.1) is 4.99 Å². The summed E-state index contributed by atoms with van der Waals surface area (Å²) in [7, 11) is 0. The van der Waals surface area contributed by atoms with Gasteiger partial charge in [0.2, 0.25) is 0 Å². The molecule has 0 spiro atoms. The highest BCUT2D eigenvalue weighted by atomic mass is 32.1. The lowest BCUT2D eigenvalue weighted by Crippen LogP contribution is -2.48. The summed E-state index contributed by atoms with van der Waals surface area (Å²) < 4.78 is 5.50. The van der Waals surface area contributed by atoms with Crippen LogP contribution < -0.4 is 10.5 Å². The van der Waals surface area contributed by atoms with Gasteiger partial charge < -0.3 is 15.4 Å². The molecule has 2 N–H and O–H groups in total. The van der Waals surface area contributed by atoms with Crippen LogP contribution in [0.2, 0.25) is 0 Å². The van der Waals surface area contributed by atoms with Gasteiger partial charge in [0, 0.05) is 18.5 Å². The summed E-state index contributed by atoms with van der Waals surface area (Å²) >= 11 is 4.87. The molecule has 0 heterocycles. The van der Waals surface area contributed by atoms with Gasteiger partial charge in [-0.2, -0.15) is 0 Å². The van der Waals surface area contributed by atoms with E-state index in [1.165, 1.54) is 0 Å². The average Bonchev–Trinajstić information content (AvgIpc) is 2.35. The molecule has 1 rings (SSSR count). The second kappa shape index (κ2) is 7.24. The minimum absolute atomic E-state index is 0.0125. The SMILES string of the molecule is CC(C)(C)N(CCC(N)=S)C(=O)COc1ccccc1. The molecule has 1 aromatic rings. The van der Waals surface area contributed by atoms with Crippen LogP contribution in [0.15, 0.2) is 30.3 Å². The summed E-state index contributed by atoms with van der Waals surface area (Å²) in [5.74, 6) is 0.613. The maximum atomic E-state index is 12.3. The van der Waals surface area contributed by atoms with Crippen LogP contribution in [0.25, 0.3) is 0 Å². The highest BCUT2D eigenvalue weighted by Crippen LogP contribution is 2.15. The first-order valence-electron chi connectivity index (χ1n) is 6.57. The Morgan fingerprint density at radius 3 is 2.40 bits per heavy atom. The summed E-state index contributed by atoms with van der Waals surface area (Å²) in [6, 6.07) is 9.29. The highest BCUT2D eigenvalue weighted by Gasteiger charge is 2.26. The molecule has 0 radical (unpaired) electrons. The van der Waals surface area contributed by atoms with Crippen molar-refractivity contribution in [3.63, 3.8) is 0 Å². The van der Waals surface area contributed by atoms with E-state index < -0.39 is 0 Å². The lowest BCUT2D eigenvalue weighted by molar-refractivity contribution is -0.138. The normalized spacial score (nSPS) is 10.9. The molecule has 0 saturated heterocycles. The van der Waals surface area contributed by atoms with Crippen LogP contribution in [0.5, 0.6) is 5.75 Å². The molecule has 0 bridgehead atoms. The predicted octanol–water partition coefficient (Wildman–Crippen LogP) is 2.37. The van der Waals surface area contributed by atoms with Crippen LogP contribution in [-0.4, -0.2) is 34.5 Å². The number of ether oxygens (including phenoxy) is 1. The van der Waals surface area contributed by atoms with Crippen molar-refractivity contribution in [2.24, 2.45) is 5.73 Å². The number of nitrogens with zero attached hydrogens (tertiary/aromatic N) is 1. The molecule has 0 unspecified atom stereocenters. The van der Waals surface area contributed by atoms with E-state index in [4.69, 9.17) is 22.7 Å². The first kappa shape index (κ1) is 16.4. The molecule has 110 valence electrons. The molecular formula is C15H22N2O2S. The van der Waals surface area contributed by atoms with Gasteiger partial charge in [-0.25, -0.2) is 0 Å². The Kier molecular flexibility index (Phi) is 5.95. The van der Waals surface area contributed by atoms with E-state index in [0.29, 0.717) is 23.7 Å². The number of para-hydroxylation sites is 1. The molecule has 0 saturated carbocycles. The zero-order valence-corrected chi connectivity index (χ0v) is 13.1. The minimum Gasteiger partial charge on any atom is -0.484 e. The number of rotatable bonds is 6. The van der Waals surface area contributed by atoms with Crippen LogP contribution >= 0.6 is 12.2 Å². The van der Waals surface area contributed by atoms with Crippen molar-refractivity contribution in [3.05, 3.63) is 30.3 Å². The number of thiocarbonyl (C=S) groups is 1. The van der Waals surface area contributed by atoms with E-state index >= 15 is 0 Å². The van der Waals surface area contributed by atoms with Gasteiger partial charge in [-0.3, -0.25) is 4.79 Å². The Hall–Kier alpha value is -1.62. The second-order valence-electron chi connectivity index (χ2n) is 5.53. The van der Waals surface area contributed by atoms with Crippen LogP contribution in [-0.2, 0) is 4.79 Å². The summed E-state index contributed by atoms with van der Waals surface area (Å²) in [5.41, 5.74) is 5.22. The molecule has 0 atom stereocenters. The average molecular weight is 294 g/mol. The van der Waals surface area contributed by atoms with Gasteiger partial charge in [0.25, 0.3) is 5.91 Å². The van der Waals surface area contributed by atoms with Gasteiger partial charge >= 0.3 is 0 Å². The van der Waals surface area contributed by atoms with Crippen molar-refractivity contribution < 1.29 is 9.53 Å². The first-order chi connectivity index (χ1) is 9.30. The Balaban J connectivity index is 2.61. The third-order valence-corrected chi connectivity index (χ3v) is 3.00. The van der Waals surface area contributed by atoms with E-state index in [0.717, 1.165) is 0 Å². The number of carbonyl (C=O) groups is 1. The molecule has 4 nitrogen and oxygen atoms in total. The Morgan fingerprint density at radius 1 is 1.30 bits per heavy atom. The van der Waals surface area contributed by atoms with Crippen LogP contribution in [0, 0.1) is 0 Å². The summed E-state index contributed by atoms with van der Waals surface area (Å²) in [6.45, 7) is 6.46. The molecule has 0 fully saturated rings. The largest absolute Gasteiger partial charge is 0.484 e. The number of amides is 1.